The van der Waals surface area contributed by atoms with E-state index in [0.29, 0.717) is 13.0 Å². The molecule has 0 bridgehead atoms. The van der Waals surface area contributed by atoms with Crippen LogP contribution in [0.1, 0.15) is 12.8 Å². The van der Waals surface area contributed by atoms with E-state index in [1.807, 2.05) is 29.2 Å². The largest absolute Gasteiger partial charge is 0.481 e. The predicted octanol–water partition coefficient (Wildman–Crippen LogP) is 1.62. The van der Waals surface area contributed by atoms with Gasteiger partial charge in [-0.05, 0) is 34.5 Å². The van der Waals surface area contributed by atoms with E-state index >= 15 is 0 Å². The molecule has 1 atom stereocenters. The molecule has 0 spiro atoms. The maximum atomic E-state index is 11.6. The SMILES string of the molecule is O=C(O)CCC1CNC(=O)CN1c1ccccc1Br. The number of hydrogen-bond donors (Lipinski definition) is 2. The van der Waals surface area contributed by atoms with Gasteiger partial charge < -0.3 is 15.3 Å². The zero-order chi connectivity index (χ0) is 13.8. The van der Waals surface area contributed by atoms with E-state index in [9.17, 15) is 9.59 Å². The van der Waals surface area contributed by atoms with E-state index in [-0.39, 0.29) is 24.9 Å². The number of amides is 1. The molecule has 0 aliphatic carbocycles. The number of carboxylic acids is 1. The van der Waals surface area contributed by atoms with Crippen LogP contribution in [0.4, 0.5) is 5.69 Å². The number of piperazine rings is 1. The Labute approximate surface area is 119 Å². The van der Waals surface area contributed by atoms with Gasteiger partial charge in [0.25, 0.3) is 0 Å². The molecule has 0 aromatic heterocycles. The molecule has 2 N–H and O–H groups in total. The molecule has 0 saturated carbocycles. The Bertz CT molecular complexity index is 493. The second-order valence-electron chi connectivity index (χ2n) is 4.47. The highest BCUT2D eigenvalue weighted by Gasteiger charge is 2.28. The normalized spacial score (nSPS) is 19.1. The number of nitrogens with one attached hydrogen (secondary N) is 1. The number of para-hydroxylation sites is 1. The van der Waals surface area contributed by atoms with Gasteiger partial charge in [-0.2, -0.15) is 0 Å². The lowest BCUT2D eigenvalue weighted by atomic mass is 10.1. The van der Waals surface area contributed by atoms with Crippen molar-refractivity contribution in [1.29, 1.82) is 0 Å². The number of carboxylic acid groups (broad SMARTS) is 1. The fourth-order valence-electron chi connectivity index (χ4n) is 2.20. The Morgan fingerprint density at radius 2 is 2.21 bits per heavy atom. The number of hydrogen-bond acceptors (Lipinski definition) is 3. The zero-order valence-electron chi connectivity index (χ0n) is 10.3. The van der Waals surface area contributed by atoms with Crippen LogP contribution in [0.5, 0.6) is 0 Å². The summed E-state index contributed by atoms with van der Waals surface area (Å²) >= 11 is 3.47. The van der Waals surface area contributed by atoms with E-state index in [1.54, 1.807) is 0 Å². The smallest absolute Gasteiger partial charge is 0.303 e. The number of nitrogens with zero attached hydrogens (tertiary/aromatic N) is 1. The lowest BCUT2D eigenvalue weighted by molar-refractivity contribution is -0.137. The Kier molecular flexibility index (Phi) is 4.42. The first-order valence-corrected chi connectivity index (χ1v) is 6.87. The molecule has 2 rings (SSSR count). The van der Waals surface area contributed by atoms with Crippen LogP contribution in [0.3, 0.4) is 0 Å². The quantitative estimate of drug-likeness (QED) is 0.882. The minimum Gasteiger partial charge on any atom is -0.481 e. The number of halogens is 1. The predicted molar refractivity (Wildman–Crippen MR) is 75.2 cm³/mol. The van der Waals surface area contributed by atoms with Crippen molar-refractivity contribution < 1.29 is 14.7 Å². The van der Waals surface area contributed by atoms with Crippen molar-refractivity contribution in [2.45, 2.75) is 18.9 Å². The highest BCUT2D eigenvalue weighted by atomic mass is 79.9. The van der Waals surface area contributed by atoms with Gasteiger partial charge in [-0.15, -0.1) is 0 Å². The van der Waals surface area contributed by atoms with Crippen molar-refractivity contribution in [3.63, 3.8) is 0 Å². The highest BCUT2D eigenvalue weighted by Crippen LogP contribution is 2.29. The van der Waals surface area contributed by atoms with Crippen molar-refractivity contribution in [2.75, 3.05) is 18.0 Å². The summed E-state index contributed by atoms with van der Waals surface area (Å²) in [6.07, 6.45) is 0.610. The topological polar surface area (TPSA) is 69.6 Å². The van der Waals surface area contributed by atoms with E-state index in [4.69, 9.17) is 5.11 Å². The lowest BCUT2D eigenvalue weighted by Crippen LogP contribution is -2.54. The number of anilines is 1. The molecule has 0 radical (unpaired) electrons. The third-order valence-electron chi connectivity index (χ3n) is 3.14. The van der Waals surface area contributed by atoms with Crippen molar-refractivity contribution in [1.82, 2.24) is 5.32 Å². The van der Waals surface area contributed by atoms with Crippen molar-refractivity contribution in [3.05, 3.63) is 28.7 Å². The average Bonchev–Trinajstić information content (AvgIpc) is 2.37. The molecule has 6 heteroatoms. The van der Waals surface area contributed by atoms with Gasteiger partial charge in [-0.25, -0.2) is 0 Å². The van der Waals surface area contributed by atoms with Crippen LogP contribution >= 0.6 is 15.9 Å². The first-order chi connectivity index (χ1) is 9.08. The third-order valence-corrected chi connectivity index (χ3v) is 3.81. The fourth-order valence-corrected chi connectivity index (χ4v) is 2.71. The van der Waals surface area contributed by atoms with Gasteiger partial charge in [0.05, 0.1) is 12.2 Å². The number of aliphatic carboxylic acids is 1. The summed E-state index contributed by atoms with van der Waals surface area (Å²) in [7, 11) is 0. The number of benzene rings is 1. The molecule has 1 aromatic rings. The molecule has 1 aromatic carbocycles. The summed E-state index contributed by atoms with van der Waals surface area (Å²) in [5, 5.41) is 11.6. The molecule has 5 nitrogen and oxygen atoms in total. The Balaban J connectivity index is 2.19. The van der Waals surface area contributed by atoms with Gasteiger partial charge in [0, 0.05) is 23.5 Å². The van der Waals surface area contributed by atoms with E-state index in [2.05, 4.69) is 21.2 Å². The van der Waals surface area contributed by atoms with Crippen LogP contribution in [0, 0.1) is 0 Å². The van der Waals surface area contributed by atoms with Crippen molar-refractivity contribution >= 4 is 33.5 Å². The maximum absolute atomic E-state index is 11.6. The second kappa shape index (κ2) is 6.06. The Morgan fingerprint density at radius 1 is 1.47 bits per heavy atom. The summed E-state index contributed by atoms with van der Waals surface area (Å²) in [6.45, 7) is 0.736. The molecule has 1 aliphatic heterocycles. The maximum Gasteiger partial charge on any atom is 0.303 e. The molecule has 1 heterocycles. The monoisotopic (exact) mass is 326 g/mol. The summed E-state index contributed by atoms with van der Waals surface area (Å²) in [6, 6.07) is 7.66. The summed E-state index contributed by atoms with van der Waals surface area (Å²) < 4.78 is 0.907. The number of carbonyl (C=O) groups excluding carboxylic acids is 1. The molecule has 1 fully saturated rings. The Hall–Kier alpha value is -1.56. The fraction of sp³-hybridized carbons (Fsp3) is 0.385. The minimum absolute atomic E-state index is 0.00694. The standard InChI is InChI=1S/C13H15BrN2O3/c14-10-3-1-2-4-11(10)16-8-12(17)15-7-9(16)5-6-13(18)19/h1-4,9H,5-8H2,(H,15,17)(H,18,19). The molecule has 1 aliphatic rings. The minimum atomic E-state index is -0.816. The lowest BCUT2D eigenvalue weighted by Gasteiger charge is -2.37. The molecule has 1 saturated heterocycles. The summed E-state index contributed by atoms with van der Waals surface area (Å²) in [5.74, 6) is -0.855. The van der Waals surface area contributed by atoms with Gasteiger partial charge in [0.2, 0.25) is 5.91 Å². The number of rotatable bonds is 4. The van der Waals surface area contributed by atoms with Crippen LogP contribution in [0.2, 0.25) is 0 Å². The summed E-state index contributed by atoms with van der Waals surface area (Å²) in [4.78, 5) is 24.2. The van der Waals surface area contributed by atoms with Crippen LogP contribution in [0.15, 0.2) is 28.7 Å². The van der Waals surface area contributed by atoms with Gasteiger partial charge in [0.15, 0.2) is 0 Å². The Morgan fingerprint density at radius 3 is 2.89 bits per heavy atom. The zero-order valence-corrected chi connectivity index (χ0v) is 11.9. The molecule has 1 amide bonds. The van der Waals surface area contributed by atoms with Gasteiger partial charge in [-0.3, -0.25) is 9.59 Å². The third kappa shape index (κ3) is 3.47. The van der Waals surface area contributed by atoms with Crippen LogP contribution in [-0.4, -0.2) is 36.1 Å². The van der Waals surface area contributed by atoms with Gasteiger partial charge in [0.1, 0.15) is 0 Å². The van der Waals surface area contributed by atoms with Gasteiger partial charge >= 0.3 is 5.97 Å². The van der Waals surface area contributed by atoms with E-state index < -0.39 is 5.97 Å². The van der Waals surface area contributed by atoms with Crippen LogP contribution in [-0.2, 0) is 9.59 Å². The van der Waals surface area contributed by atoms with Crippen LogP contribution in [0.25, 0.3) is 0 Å². The molecular formula is C13H15BrN2O3. The molecule has 102 valence electrons. The average molecular weight is 327 g/mol. The molecule has 1 unspecified atom stereocenters. The highest BCUT2D eigenvalue weighted by molar-refractivity contribution is 9.10. The number of carbonyl (C=O) groups is 2. The molecule has 19 heavy (non-hydrogen) atoms. The first kappa shape index (κ1) is 13.9. The van der Waals surface area contributed by atoms with E-state index in [1.165, 1.54) is 0 Å². The van der Waals surface area contributed by atoms with Gasteiger partial charge in [-0.1, -0.05) is 12.1 Å². The van der Waals surface area contributed by atoms with Crippen molar-refractivity contribution in [3.8, 4) is 0 Å². The molecular weight excluding hydrogens is 312 g/mol. The van der Waals surface area contributed by atoms with Crippen LogP contribution < -0.4 is 10.2 Å². The second-order valence-corrected chi connectivity index (χ2v) is 5.32. The summed E-state index contributed by atoms with van der Waals surface area (Å²) in [5.41, 5.74) is 0.924. The van der Waals surface area contributed by atoms with Crippen molar-refractivity contribution in [2.24, 2.45) is 0 Å². The first-order valence-electron chi connectivity index (χ1n) is 6.07. The van der Waals surface area contributed by atoms with E-state index in [0.717, 1.165) is 10.2 Å².